The van der Waals surface area contributed by atoms with Crippen LogP contribution in [-0.4, -0.2) is 0 Å². The number of hydrogen-bond acceptors (Lipinski definition) is 0. The molecule has 0 heteroatoms. The van der Waals surface area contributed by atoms with Crippen molar-refractivity contribution in [2.75, 3.05) is 0 Å². The first kappa shape index (κ1) is 11.0. The molecule has 0 unspecified atom stereocenters. The molecule has 0 N–H and O–H groups in total. The van der Waals surface area contributed by atoms with Gasteiger partial charge in [0.2, 0.25) is 0 Å². The van der Waals surface area contributed by atoms with Crippen LogP contribution in [0, 0.1) is 6.92 Å². The average Bonchev–Trinajstić information content (AvgIpc) is 2.19. The highest BCUT2D eigenvalue weighted by Gasteiger charge is 1.98. The Bertz CT molecular complexity index is 290. The maximum Gasteiger partial charge on any atom is -0.0228 e. The summed E-state index contributed by atoms with van der Waals surface area (Å²) in [5.41, 5.74) is 4.22. The van der Waals surface area contributed by atoms with Gasteiger partial charge in [0.15, 0.2) is 0 Å². The Hall–Kier alpha value is -1.04. The van der Waals surface area contributed by atoms with Gasteiger partial charge in [0.1, 0.15) is 0 Å². The molecule has 1 aromatic rings. The van der Waals surface area contributed by atoms with Gasteiger partial charge in [-0.15, -0.1) is 0 Å². The first-order valence-corrected chi connectivity index (χ1v) is 5.54. The minimum atomic E-state index is 1.13. The first-order chi connectivity index (χ1) is 6.77. The van der Waals surface area contributed by atoms with Crippen molar-refractivity contribution in [1.82, 2.24) is 0 Å². The molecule has 0 aromatic heterocycles. The van der Waals surface area contributed by atoms with E-state index in [1.807, 2.05) is 0 Å². The number of rotatable bonds is 4. The molecule has 0 saturated heterocycles. The lowest BCUT2D eigenvalue weighted by Crippen LogP contribution is -1.84. The van der Waals surface area contributed by atoms with E-state index in [1.165, 1.54) is 29.5 Å². The van der Waals surface area contributed by atoms with Gasteiger partial charge in [0.05, 0.1) is 0 Å². The summed E-state index contributed by atoms with van der Waals surface area (Å²) in [6, 6.07) is 8.84. The molecule has 0 nitrogen and oxygen atoms in total. The van der Waals surface area contributed by atoms with E-state index in [2.05, 4.69) is 51.1 Å². The zero-order valence-electron chi connectivity index (χ0n) is 9.51. The fraction of sp³-hybridized carbons (Fsp3) is 0.429. The molecule has 0 saturated carbocycles. The quantitative estimate of drug-likeness (QED) is 0.648. The van der Waals surface area contributed by atoms with E-state index in [1.54, 1.807) is 0 Å². The van der Waals surface area contributed by atoms with Gasteiger partial charge in [-0.05, 0) is 30.9 Å². The van der Waals surface area contributed by atoms with E-state index >= 15 is 0 Å². The third-order valence-electron chi connectivity index (χ3n) is 2.39. The molecule has 14 heavy (non-hydrogen) atoms. The summed E-state index contributed by atoms with van der Waals surface area (Å²) in [5.74, 6) is 0. The van der Waals surface area contributed by atoms with Gasteiger partial charge in [-0.3, -0.25) is 0 Å². The molecular formula is C14H20. The van der Waals surface area contributed by atoms with Crippen molar-refractivity contribution in [2.45, 2.75) is 40.0 Å². The average molecular weight is 188 g/mol. The maximum absolute atomic E-state index is 2.34. The van der Waals surface area contributed by atoms with Gasteiger partial charge in [-0.1, -0.05) is 56.2 Å². The lowest BCUT2D eigenvalue weighted by atomic mass is 9.99. The van der Waals surface area contributed by atoms with Crippen LogP contribution in [0.3, 0.4) is 0 Å². The van der Waals surface area contributed by atoms with E-state index in [0.29, 0.717) is 0 Å². The van der Waals surface area contributed by atoms with Gasteiger partial charge in [0, 0.05) is 0 Å². The second-order valence-electron chi connectivity index (χ2n) is 3.75. The molecule has 0 fully saturated rings. The van der Waals surface area contributed by atoms with E-state index in [-0.39, 0.29) is 0 Å². The van der Waals surface area contributed by atoms with Crippen LogP contribution in [0.25, 0.3) is 5.57 Å². The fourth-order valence-corrected chi connectivity index (χ4v) is 1.65. The molecule has 0 bridgehead atoms. The van der Waals surface area contributed by atoms with Crippen LogP contribution in [0.15, 0.2) is 30.3 Å². The van der Waals surface area contributed by atoms with Crippen LogP contribution in [0.5, 0.6) is 0 Å². The molecule has 0 radical (unpaired) electrons. The molecular weight excluding hydrogens is 168 g/mol. The third-order valence-corrected chi connectivity index (χ3v) is 2.39. The smallest absolute Gasteiger partial charge is 0.0228 e. The van der Waals surface area contributed by atoms with Crippen molar-refractivity contribution >= 4 is 5.57 Å². The van der Waals surface area contributed by atoms with Crippen LogP contribution in [0.1, 0.15) is 44.2 Å². The van der Waals surface area contributed by atoms with Crippen molar-refractivity contribution in [2.24, 2.45) is 0 Å². The van der Waals surface area contributed by atoms with Gasteiger partial charge in [0.25, 0.3) is 0 Å². The lowest BCUT2D eigenvalue weighted by Gasteiger charge is -2.06. The fourth-order valence-electron chi connectivity index (χ4n) is 1.65. The molecule has 0 atom stereocenters. The molecule has 1 rings (SSSR count). The topological polar surface area (TPSA) is 0 Å². The molecule has 0 spiro atoms. The van der Waals surface area contributed by atoms with Crippen molar-refractivity contribution in [3.8, 4) is 0 Å². The van der Waals surface area contributed by atoms with Gasteiger partial charge in [-0.25, -0.2) is 0 Å². The second kappa shape index (κ2) is 5.64. The highest BCUT2D eigenvalue weighted by Crippen LogP contribution is 2.20. The predicted molar refractivity (Wildman–Crippen MR) is 64.4 cm³/mol. The van der Waals surface area contributed by atoms with Crippen LogP contribution < -0.4 is 0 Å². The number of benzene rings is 1. The van der Waals surface area contributed by atoms with E-state index < -0.39 is 0 Å². The summed E-state index contributed by atoms with van der Waals surface area (Å²) in [6.45, 7) is 6.56. The number of allylic oxidation sites excluding steroid dienone is 2. The molecule has 0 aliphatic carbocycles. The van der Waals surface area contributed by atoms with Crippen molar-refractivity contribution in [3.63, 3.8) is 0 Å². The number of aryl methyl sites for hydroxylation is 1. The van der Waals surface area contributed by atoms with E-state index in [4.69, 9.17) is 0 Å². The Kier molecular flexibility index (Phi) is 4.45. The highest BCUT2D eigenvalue weighted by atomic mass is 14.0. The van der Waals surface area contributed by atoms with Crippen LogP contribution in [0.4, 0.5) is 0 Å². The summed E-state index contributed by atoms with van der Waals surface area (Å²) in [4.78, 5) is 0. The minimum absolute atomic E-state index is 1.13. The maximum atomic E-state index is 2.34. The largest absolute Gasteiger partial charge is 0.0810 e. The predicted octanol–water partition coefficient (Wildman–Crippen LogP) is 4.59. The summed E-state index contributed by atoms with van der Waals surface area (Å²) in [5, 5.41) is 0. The monoisotopic (exact) mass is 188 g/mol. The Morgan fingerprint density at radius 1 is 1.14 bits per heavy atom. The standard InChI is InChI=1S/C14H20/c1-4-6-13(7-5-2)14-10-8-12(3)9-11-14/h6,8-11H,4-5,7H2,1-3H3/b13-6+. The Balaban J connectivity index is 2.88. The van der Waals surface area contributed by atoms with Crippen molar-refractivity contribution in [3.05, 3.63) is 41.5 Å². The molecule has 0 aliphatic heterocycles. The molecule has 0 aliphatic rings. The zero-order valence-corrected chi connectivity index (χ0v) is 9.51. The third kappa shape index (κ3) is 3.02. The molecule has 1 aromatic carbocycles. The summed E-state index contributed by atoms with van der Waals surface area (Å²) >= 11 is 0. The summed E-state index contributed by atoms with van der Waals surface area (Å²) in [6.07, 6.45) is 5.88. The highest BCUT2D eigenvalue weighted by molar-refractivity contribution is 5.65. The molecule has 76 valence electrons. The van der Waals surface area contributed by atoms with E-state index in [0.717, 1.165) is 6.42 Å². The van der Waals surface area contributed by atoms with Crippen LogP contribution >= 0.6 is 0 Å². The Morgan fingerprint density at radius 2 is 1.79 bits per heavy atom. The number of hydrogen-bond donors (Lipinski definition) is 0. The normalized spacial score (nSPS) is 11.8. The van der Waals surface area contributed by atoms with Gasteiger partial charge in [-0.2, -0.15) is 0 Å². The van der Waals surface area contributed by atoms with Gasteiger partial charge >= 0.3 is 0 Å². The van der Waals surface area contributed by atoms with Crippen molar-refractivity contribution < 1.29 is 0 Å². The van der Waals surface area contributed by atoms with Crippen LogP contribution in [-0.2, 0) is 0 Å². The van der Waals surface area contributed by atoms with Gasteiger partial charge < -0.3 is 0 Å². The van der Waals surface area contributed by atoms with E-state index in [9.17, 15) is 0 Å². The Morgan fingerprint density at radius 3 is 2.29 bits per heavy atom. The lowest BCUT2D eigenvalue weighted by molar-refractivity contribution is 0.967. The first-order valence-electron chi connectivity index (χ1n) is 5.54. The SMILES string of the molecule is CC/C=C(\CCC)c1ccc(C)cc1. The van der Waals surface area contributed by atoms with Crippen LogP contribution in [0.2, 0.25) is 0 Å². The zero-order chi connectivity index (χ0) is 10.4. The molecule has 0 heterocycles. The molecule has 0 amide bonds. The Labute approximate surface area is 87.7 Å². The summed E-state index contributed by atoms with van der Waals surface area (Å²) in [7, 11) is 0. The van der Waals surface area contributed by atoms with Crippen molar-refractivity contribution in [1.29, 1.82) is 0 Å². The minimum Gasteiger partial charge on any atom is -0.0810 e. The second-order valence-corrected chi connectivity index (χ2v) is 3.75. The summed E-state index contributed by atoms with van der Waals surface area (Å²) < 4.78 is 0.